The Morgan fingerprint density at radius 1 is 0.967 bits per heavy atom. The molecule has 1 aromatic heterocycles. The molecule has 0 aliphatic rings. The summed E-state index contributed by atoms with van der Waals surface area (Å²) in [7, 11) is 0. The number of nitrogens with zero attached hydrogens (tertiary/aromatic N) is 2. The molecule has 1 unspecified atom stereocenters. The van der Waals surface area contributed by atoms with E-state index in [1.165, 1.54) is 87.9 Å². The first kappa shape index (κ1) is 24.2. The van der Waals surface area contributed by atoms with Gasteiger partial charge in [0.2, 0.25) is 0 Å². The quantitative estimate of drug-likeness (QED) is 0.272. The Morgan fingerprint density at radius 3 is 2.30 bits per heavy atom. The topological polar surface area (TPSA) is 44.1 Å². The number of unbranched alkanes of at least 4 members (excludes halogenated alkanes) is 8. The number of benzene rings is 1. The molecule has 166 valence electrons. The summed E-state index contributed by atoms with van der Waals surface area (Å²) in [5.74, 6) is 1.30. The maximum absolute atomic E-state index is 12.5. The molecule has 1 heterocycles. The van der Waals surface area contributed by atoms with Crippen LogP contribution < -0.4 is 4.74 Å². The van der Waals surface area contributed by atoms with Gasteiger partial charge in [0.05, 0.1) is 6.61 Å². The lowest BCUT2D eigenvalue weighted by Crippen LogP contribution is -2.13. The van der Waals surface area contributed by atoms with Crippen LogP contribution in [0.2, 0.25) is 0 Å². The summed E-state index contributed by atoms with van der Waals surface area (Å²) < 4.78 is 7.65. The summed E-state index contributed by atoms with van der Waals surface area (Å²) in [6.07, 6.45) is 20.5. The van der Waals surface area contributed by atoms with Crippen LogP contribution in [0.25, 0.3) is 0 Å². The highest BCUT2D eigenvalue weighted by molar-refractivity contribution is 5.96. The van der Waals surface area contributed by atoms with Crippen molar-refractivity contribution in [3.05, 3.63) is 48.5 Å². The molecular formula is C26H40N2O2. The first-order valence-electron chi connectivity index (χ1n) is 12.0. The van der Waals surface area contributed by atoms with Gasteiger partial charge in [-0.2, -0.15) is 0 Å². The molecule has 1 aromatic carbocycles. The van der Waals surface area contributed by atoms with Gasteiger partial charge in [-0.05, 0) is 37.0 Å². The zero-order chi connectivity index (χ0) is 21.4. The number of ether oxygens (including phenoxy) is 1. The molecule has 0 radical (unpaired) electrons. The van der Waals surface area contributed by atoms with Crippen molar-refractivity contribution in [3.8, 4) is 5.75 Å². The molecule has 0 aliphatic heterocycles. The Hall–Kier alpha value is -2.10. The minimum Gasteiger partial charge on any atom is -0.493 e. The summed E-state index contributed by atoms with van der Waals surface area (Å²) in [6, 6.07) is 7.52. The van der Waals surface area contributed by atoms with Crippen molar-refractivity contribution in [1.82, 2.24) is 9.55 Å². The molecule has 30 heavy (non-hydrogen) atoms. The Morgan fingerprint density at radius 2 is 1.63 bits per heavy atom. The van der Waals surface area contributed by atoms with Crippen LogP contribution in [0.15, 0.2) is 43.0 Å². The van der Waals surface area contributed by atoms with E-state index in [1.54, 1.807) is 12.4 Å². The van der Waals surface area contributed by atoms with Crippen molar-refractivity contribution in [2.24, 2.45) is 5.92 Å². The molecular weight excluding hydrogens is 372 g/mol. The predicted octanol–water partition coefficient (Wildman–Crippen LogP) is 7.29. The minimum atomic E-state index is -0.0823. The van der Waals surface area contributed by atoms with Crippen LogP contribution in [0.3, 0.4) is 0 Å². The smallest absolute Gasteiger partial charge is 0.263 e. The zero-order valence-electron chi connectivity index (χ0n) is 19.0. The van der Waals surface area contributed by atoms with E-state index in [0.717, 1.165) is 12.4 Å². The summed E-state index contributed by atoms with van der Waals surface area (Å²) in [5.41, 5.74) is 0.626. The standard InChI is InChI=1S/C26H40N2O2/c1-3-5-7-9-10-12-15-23(14-11-8-6-4-2)21-30-25-17-13-16-24(20-25)26(29)28-19-18-27-22-28/h13,16-20,22-23H,3-12,14-15,21H2,1-2H3. The fourth-order valence-electron chi connectivity index (χ4n) is 3.85. The molecule has 2 aromatic rings. The molecule has 4 heteroatoms. The van der Waals surface area contributed by atoms with Crippen LogP contribution in [-0.2, 0) is 0 Å². The van der Waals surface area contributed by atoms with Crippen LogP contribution in [0.1, 0.15) is 101 Å². The van der Waals surface area contributed by atoms with E-state index in [-0.39, 0.29) is 5.91 Å². The van der Waals surface area contributed by atoms with Crippen molar-refractivity contribution in [2.45, 2.75) is 90.9 Å². The van der Waals surface area contributed by atoms with Gasteiger partial charge >= 0.3 is 0 Å². The summed E-state index contributed by atoms with van der Waals surface area (Å²) in [5, 5.41) is 0. The zero-order valence-corrected chi connectivity index (χ0v) is 19.0. The van der Waals surface area contributed by atoms with Crippen LogP contribution in [0.4, 0.5) is 0 Å². The first-order valence-corrected chi connectivity index (χ1v) is 12.0. The van der Waals surface area contributed by atoms with Crippen molar-refractivity contribution in [2.75, 3.05) is 6.61 Å². The van der Waals surface area contributed by atoms with Crippen LogP contribution in [-0.4, -0.2) is 22.1 Å². The molecule has 0 fully saturated rings. The third-order valence-corrected chi connectivity index (χ3v) is 5.74. The van der Waals surface area contributed by atoms with Gasteiger partial charge in [0.25, 0.3) is 5.91 Å². The van der Waals surface area contributed by atoms with Crippen LogP contribution >= 0.6 is 0 Å². The number of imidazole rings is 1. The number of hydrogen-bond acceptors (Lipinski definition) is 3. The highest BCUT2D eigenvalue weighted by Crippen LogP contribution is 2.22. The van der Waals surface area contributed by atoms with Gasteiger partial charge in [-0.25, -0.2) is 4.98 Å². The Labute approximate surface area is 183 Å². The number of carbonyl (C=O) groups excluding carboxylic acids is 1. The maximum atomic E-state index is 12.5. The molecule has 0 aliphatic carbocycles. The van der Waals surface area contributed by atoms with Gasteiger partial charge in [-0.15, -0.1) is 0 Å². The summed E-state index contributed by atoms with van der Waals surface area (Å²) in [4.78, 5) is 16.5. The summed E-state index contributed by atoms with van der Waals surface area (Å²) >= 11 is 0. The second-order valence-corrected chi connectivity index (χ2v) is 8.39. The molecule has 0 N–H and O–H groups in total. The molecule has 0 spiro atoms. The number of aromatic nitrogens is 2. The molecule has 0 saturated carbocycles. The van der Waals surface area contributed by atoms with E-state index in [9.17, 15) is 4.79 Å². The van der Waals surface area contributed by atoms with E-state index in [0.29, 0.717) is 11.5 Å². The fourth-order valence-corrected chi connectivity index (χ4v) is 3.85. The minimum absolute atomic E-state index is 0.0823. The number of hydrogen-bond donors (Lipinski definition) is 0. The van der Waals surface area contributed by atoms with Gasteiger partial charge in [0.15, 0.2) is 0 Å². The lowest BCUT2D eigenvalue weighted by Gasteiger charge is -2.18. The Kier molecular flexibility index (Phi) is 11.9. The average Bonchev–Trinajstić information content (AvgIpc) is 3.31. The lowest BCUT2D eigenvalue weighted by atomic mass is 9.95. The normalized spacial score (nSPS) is 12.1. The molecule has 0 bridgehead atoms. The third-order valence-electron chi connectivity index (χ3n) is 5.74. The average molecular weight is 413 g/mol. The Bertz CT molecular complexity index is 697. The van der Waals surface area contributed by atoms with Gasteiger partial charge in [-0.1, -0.05) is 84.1 Å². The highest BCUT2D eigenvalue weighted by Gasteiger charge is 2.12. The SMILES string of the molecule is CCCCCCCCC(CCCCCC)COc1cccc(C(=O)n2ccnc2)c1. The van der Waals surface area contributed by atoms with E-state index in [4.69, 9.17) is 4.74 Å². The van der Waals surface area contributed by atoms with Crippen LogP contribution in [0, 0.1) is 5.92 Å². The second-order valence-electron chi connectivity index (χ2n) is 8.39. The van der Waals surface area contributed by atoms with Gasteiger partial charge < -0.3 is 4.74 Å². The molecule has 1 atom stereocenters. The van der Waals surface area contributed by atoms with Gasteiger partial charge in [0.1, 0.15) is 12.1 Å². The van der Waals surface area contributed by atoms with Crippen molar-refractivity contribution in [1.29, 1.82) is 0 Å². The molecule has 0 amide bonds. The summed E-state index contributed by atoms with van der Waals surface area (Å²) in [6.45, 7) is 5.26. The van der Waals surface area contributed by atoms with E-state index in [2.05, 4.69) is 18.8 Å². The van der Waals surface area contributed by atoms with Crippen molar-refractivity contribution >= 4 is 5.91 Å². The van der Waals surface area contributed by atoms with E-state index in [1.807, 2.05) is 24.3 Å². The lowest BCUT2D eigenvalue weighted by molar-refractivity contribution is 0.0959. The van der Waals surface area contributed by atoms with Crippen molar-refractivity contribution < 1.29 is 9.53 Å². The second kappa shape index (κ2) is 14.8. The molecule has 4 nitrogen and oxygen atoms in total. The number of carbonyl (C=O) groups is 1. The fraction of sp³-hybridized carbons (Fsp3) is 0.615. The van der Waals surface area contributed by atoms with Crippen molar-refractivity contribution in [3.63, 3.8) is 0 Å². The van der Waals surface area contributed by atoms with Gasteiger partial charge in [-0.3, -0.25) is 9.36 Å². The highest BCUT2D eigenvalue weighted by atomic mass is 16.5. The van der Waals surface area contributed by atoms with E-state index < -0.39 is 0 Å². The van der Waals surface area contributed by atoms with Gasteiger partial charge in [0, 0.05) is 18.0 Å². The molecule has 0 saturated heterocycles. The first-order chi connectivity index (χ1) is 14.7. The predicted molar refractivity (Wildman–Crippen MR) is 124 cm³/mol. The largest absolute Gasteiger partial charge is 0.493 e. The monoisotopic (exact) mass is 412 g/mol. The maximum Gasteiger partial charge on any atom is 0.263 e. The third kappa shape index (κ3) is 9.15. The number of rotatable bonds is 16. The molecule has 2 rings (SSSR count). The Balaban J connectivity index is 1.84. The van der Waals surface area contributed by atoms with Crippen LogP contribution in [0.5, 0.6) is 5.75 Å². The van der Waals surface area contributed by atoms with E-state index >= 15 is 0 Å².